The van der Waals surface area contributed by atoms with E-state index in [9.17, 15) is 0 Å². The summed E-state index contributed by atoms with van der Waals surface area (Å²) in [6.07, 6.45) is -1.83. The van der Waals surface area contributed by atoms with Crippen LogP contribution in [0.4, 0.5) is 4.79 Å². The number of rotatable bonds is 0. The molecule has 0 aromatic carbocycles. The van der Waals surface area contributed by atoms with Crippen LogP contribution in [0.2, 0.25) is 0 Å². The van der Waals surface area contributed by atoms with Gasteiger partial charge in [-0.15, -0.1) is 0 Å². The van der Waals surface area contributed by atoms with E-state index in [1.165, 1.54) is 0 Å². The Labute approximate surface area is 117 Å². The van der Waals surface area contributed by atoms with Gasteiger partial charge in [0.05, 0.1) is 0 Å². The molecule has 0 bridgehead atoms. The van der Waals surface area contributed by atoms with E-state index >= 15 is 0 Å². The smallest absolute Gasteiger partial charge is 0.316 e. The first kappa shape index (κ1) is 22.7. The summed E-state index contributed by atoms with van der Waals surface area (Å²) < 4.78 is 0. The summed E-state index contributed by atoms with van der Waals surface area (Å²) >= 11 is 0. The Bertz CT molecular complexity index is 35.9. The summed E-state index contributed by atoms with van der Waals surface area (Å²) in [4.78, 5) is 8.56. The van der Waals surface area contributed by atoms with E-state index in [1.54, 1.807) is 0 Å². The molecule has 0 saturated carbocycles. The van der Waals surface area contributed by atoms with Gasteiger partial charge in [0.15, 0.2) is 0 Å². The monoisotopic (exact) mass is 172 g/mol. The zero-order chi connectivity index (χ0) is 3.58. The van der Waals surface area contributed by atoms with Gasteiger partial charge < -0.3 is 10.2 Å². The van der Waals surface area contributed by atoms with Gasteiger partial charge in [0.2, 0.25) is 0 Å². The second kappa shape index (κ2) is 15.8. The van der Waals surface area contributed by atoms with E-state index in [2.05, 4.69) is 0 Å². The average molecular weight is 173 g/mol. The fourth-order valence-electron chi connectivity index (χ4n) is 0. The number of hydrogen-bond donors (Lipinski definition) is 2. The van der Waals surface area contributed by atoms with Gasteiger partial charge in [-0.25, -0.2) is 4.79 Å². The maximum Gasteiger partial charge on any atom is 0.316 e. The molecule has 0 fully saturated rings. The quantitative estimate of drug-likeness (QED) is 0.397. The van der Waals surface area contributed by atoms with Crippen molar-refractivity contribution in [3.8, 4) is 0 Å². The number of carboxylic acid groups (broad SMARTS) is 2. The molecule has 2 N–H and O–H groups in total. The summed E-state index contributed by atoms with van der Waals surface area (Å²) in [6, 6.07) is 0. The van der Waals surface area contributed by atoms with Gasteiger partial charge in [-0.3, -0.25) is 0 Å². The Kier molecular flexibility index (Phi) is 51.2. The first-order valence-corrected chi connectivity index (χ1v) is 0.651. The van der Waals surface area contributed by atoms with E-state index < -0.39 is 6.16 Å². The third-order valence-electron chi connectivity index (χ3n) is 0. The molecule has 0 aliphatic heterocycles. The van der Waals surface area contributed by atoms with Gasteiger partial charge in [0, 0.05) is 0 Å². The maximum atomic E-state index is 8.56. The van der Waals surface area contributed by atoms with Crippen molar-refractivity contribution in [3.63, 3.8) is 0 Å². The molecule has 0 radical (unpaired) electrons. The first-order valence-electron chi connectivity index (χ1n) is 0.651. The van der Waals surface area contributed by atoms with Crippen LogP contribution in [0.25, 0.3) is 0 Å². The molecule has 0 amide bonds. The molecule has 0 spiro atoms. The zero-order valence-electron chi connectivity index (χ0n) is 1.80. The molecule has 0 aliphatic rings. The zero-order valence-corrected chi connectivity index (χ0v) is 1.80. The third-order valence-corrected chi connectivity index (χ3v) is 0. The van der Waals surface area contributed by atoms with Gasteiger partial charge in [0.1, 0.15) is 0 Å². The Hall–Kier alpha value is 2.56. The van der Waals surface area contributed by atoms with Gasteiger partial charge in [-0.2, -0.15) is 0 Å². The predicted octanol–water partition coefficient (Wildman–Crippen LogP) is -2.53. The molecule has 0 atom stereocenters. The Morgan fingerprint density at radius 1 is 1.14 bits per heavy atom. The van der Waals surface area contributed by atoms with E-state index in [0.29, 0.717) is 0 Å². The van der Waals surface area contributed by atoms with E-state index in [0.717, 1.165) is 0 Å². The second-order valence-corrected chi connectivity index (χ2v) is 0.283. The molecule has 0 aromatic rings. The molecular weight excluding hydrogens is 164 g/mol. The van der Waals surface area contributed by atoms with Crippen LogP contribution in [0.3, 0.4) is 0 Å². The Morgan fingerprint density at radius 3 is 1.14 bits per heavy atom. The van der Waals surface area contributed by atoms with Gasteiger partial charge >= 0.3 is 105 Å². The van der Waals surface area contributed by atoms with Crippen LogP contribution in [-0.4, -0.2) is 115 Å². The minimum absolute atomic E-state index is 0. The fraction of sp³-hybridized carbons (Fsp3) is 0. The summed E-state index contributed by atoms with van der Waals surface area (Å²) in [5, 5.41) is 13.9. The van der Waals surface area contributed by atoms with Crippen molar-refractivity contribution in [2.24, 2.45) is 0 Å². The molecule has 7 heavy (non-hydrogen) atoms. The van der Waals surface area contributed by atoms with Gasteiger partial charge in [0.25, 0.3) is 0 Å². The normalized spacial score (nSPS) is 3.43. The van der Waals surface area contributed by atoms with Crippen LogP contribution in [-0.2, 0) is 0 Å². The average Bonchev–Trinajstić information content (AvgIpc) is 0.811. The minimum atomic E-state index is -1.83. The summed E-state index contributed by atoms with van der Waals surface area (Å²) in [5.41, 5.74) is 0. The largest absolute Gasteiger partial charge is 0.316 e. The molecule has 0 unspecified atom stereocenters. The summed E-state index contributed by atoms with van der Waals surface area (Å²) in [7, 11) is 0. The molecule has 0 saturated heterocycles. The van der Waals surface area contributed by atoms with Crippen molar-refractivity contribution in [2.75, 3.05) is 0 Å². The van der Waals surface area contributed by atoms with Crippen molar-refractivity contribution >= 4 is 105 Å². The summed E-state index contributed by atoms with van der Waals surface area (Å²) in [5.74, 6) is 0. The molecule has 0 heterocycles. The molecule has 3 nitrogen and oxygen atoms in total. The molecule has 0 rings (SSSR count). The van der Waals surface area contributed by atoms with E-state index in [4.69, 9.17) is 15.0 Å². The first-order chi connectivity index (χ1) is 1.73. The van der Waals surface area contributed by atoms with Crippen LogP contribution in [0.5, 0.6) is 0 Å². The Balaban J connectivity index is -0.0000000150. The second-order valence-electron chi connectivity index (χ2n) is 0.283. The van der Waals surface area contributed by atoms with Crippen molar-refractivity contribution < 1.29 is 15.0 Å². The standard InChI is InChI=1S/CH2O3.2Ca.Mg.6H/c2-1(3)4;;;;;;;;;/h(H2,2,3,4);;;;;;;;;. The number of hydrogen-bond acceptors (Lipinski definition) is 1. The van der Waals surface area contributed by atoms with Crippen LogP contribution in [0.1, 0.15) is 0 Å². The topological polar surface area (TPSA) is 57.5 Å². The third kappa shape index (κ3) is 56.3. The van der Waals surface area contributed by atoms with E-state index in [1.807, 2.05) is 0 Å². The predicted molar refractivity (Wildman–Crippen MR) is 36.3 cm³/mol. The minimum Gasteiger partial charge on any atom is 0.316 e. The van der Waals surface area contributed by atoms with Crippen molar-refractivity contribution in [2.45, 2.75) is 0 Å². The molecule has 6 heteroatoms. The SMILES string of the molecule is O=C(O)O.[CaH2].[CaH2].[MgH2]. The number of carbonyl (C=O) groups is 1. The van der Waals surface area contributed by atoms with Crippen LogP contribution >= 0.6 is 0 Å². The molecule has 36 valence electrons. The summed E-state index contributed by atoms with van der Waals surface area (Å²) in [6.45, 7) is 0. The van der Waals surface area contributed by atoms with Crippen LogP contribution in [0.15, 0.2) is 0 Å². The maximum absolute atomic E-state index is 8.56. The molecule has 0 aromatic heterocycles. The Morgan fingerprint density at radius 2 is 1.14 bits per heavy atom. The van der Waals surface area contributed by atoms with Gasteiger partial charge in [-0.05, 0) is 0 Å². The van der Waals surface area contributed by atoms with Gasteiger partial charge in [-0.1, -0.05) is 0 Å². The molecular formula is CH8Ca2MgO3. The van der Waals surface area contributed by atoms with Crippen molar-refractivity contribution in [3.05, 3.63) is 0 Å². The van der Waals surface area contributed by atoms with Crippen molar-refractivity contribution in [1.29, 1.82) is 0 Å². The van der Waals surface area contributed by atoms with Crippen LogP contribution < -0.4 is 0 Å². The van der Waals surface area contributed by atoms with Crippen molar-refractivity contribution in [1.82, 2.24) is 0 Å². The van der Waals surface area contributed by atoms with E-state index in [-0.39, 0.29) is 98.5 Å². The fourth-order valence-corrected chi connectivity index (χ4v) is 0. The van der Waals surface area contributed by atoms with Crippen LogP contribution in [0, 0.1) is 0 Å². The molecule has 0 aliphatic carbocycles.